The number of hydrogen-bond acceptors (Lipinski definition) is 6. The third kappa shape index (κ3) is 5.28. The van der Waals surface area contributed by atoms with Gasteiger partial charge in [0.2, 0.25) is 11.8 Å². The molecule has 1 aliphatic rings. The zero-order chi connectivity index (χ0) is 19.9. The summed E-state index contributed by atoms with van der Waals surface area (Å²) in [6.45, 7) is 1.36. The van der Waals surface area contributed by atoms with Gasteiger partial charge in [0.25, 0.3) is 11.1 Å². The third-order valence-corrected chi connectivity index (χ3v) is 5.12. The van der Waals surface area contributed by atoms with Crippen molar-refractivity contribution in [3.05, 3.63) is 41.3 Å². The summed E-state index contributed by atoms with van der Waals surface area (Å²) < 4.78 is 32.5. The normalized spacial score (nSPS) is 14.6. The molecular weight excluding hydrogens is 390 g/mol. The minimum atomic E-state index is -0.953. The van der Waals surface area contributed by atoms with Crippen molar-refractivity contribution in [2.45, 2.75) is 37.5 Å². The maximum absolute atomic E-state index is 13.6. The van der Waals surface area contributed by atoms with E-state index in [1.807, 2.05) is 4.90 Å². The molecule has 3 rings (SSSR count). The molecule has 0 unspecified atom stereocenters. The minimum absolute atomic E-state index is 0.0231. The number of rotatable bonds is 6. The highest BCUT2D eigenvalue weighted by atomic mass is 32.2. The van der Waals surface area contributed by atoms with Crippen molar-refractivity contribution < 1.29 is 22.8 Å². The predicted molar refractivity (Wildman–Crippen MR) is 97.6 cm³/mol. The van der Waals surface area contributed by atoms with E-state index in [0.29, 0.717) is 0 Å². The Morgan fingerprint density at radius 2 is 1.79 bits per heavy atom. The molecule has 0 aliphatic carbocycles. The minimum Gasteiger partial charge on any atom is -0.414 e. The molecule has 1 aromatic carbocycles. The fraction of sp³-hybridized carbons (Fsp3) is 0.444. The van der Waals surface area contributed by atoms with E-state index >= 15 is 0 Å². The fourth-order valence-electron chi connectivity index (χ4n) is 2.86. The number of hydrogen-bond donors (Lipinski definition) is 1. The van der Waals surface area contributed by atoms with Crippen LogP contribution in [0, 0.1) is 11.6 Å². The van der Waals surface area contributed by atoms with Crippen LogP contribution in [0.3, 0.4) is 0 Å². The van der Waals surface area contributed by atoms with Crippen LogP contribution in [0.2, 0.25) is 0 Å². The first-order valence-corrected chi connectivity index (χ1v) is 9.98. The third-order valence-electron chi connectivity index (χ3n) is 4.32. The molecule has 2 heterocycles. The number of benzene rings is 1. The summed E-state index contributed by atoms with van der Waals surface area (Å²) >= 11 is 1.12. The number of aromatic nitrogens is 2. The highest BCUT2D eigenvalue weighted by Crippen LogP contribution is 2.18. The molecule has 0 bridgehead atoms. The van der Waals surface area contributed by atoms with Crippen molar-refractivity contribution in [2.75, 3.05) is 18.8 Å². The summed E-state index contributed by atoms with van der Waals surface area (Å²) in [7, 11) is 0. The van der Waals surface area contributed by atoms with Gasteiger partial charge in [0, 0.05) is 13.1 Å². The van der Waals surface area contributed by atoms with Gasteiger partial charge in [-0.1, -0.05) is 30.7 Å². The zero-order valence-electron chi connectivity index (χ0n) is 15.1. The molecule has 28 heavy (non-hydrogen) atoms. The quantitative estimate of drug-likeness (QED) is 0.737. The molecule has 0 spiro atoms. The Morgan fingerprint density at radius 3 is 2.46 bits per heavy atom. The molecule has 0 saturated carbocycles. The van der Waals surface area contributed by atoms with E-state index in [-0.39, 0.29) is 29.3 Å². The smallest absolute Gasteiger partial charge is 0.277 e. The first kappa shape index (κ1) is 20.2. The second kappa shape index (κ2) is 9.63. The summed E-state index contributed by atoms with van der Waals surface area (Å²) in [4.78, 5) is 26.0. The van der Waals surface area contributed by atoms with Gasteiger partial charge < -0.3 is 14.6 Å². The zero-order valence-corrected chi connectivity index (χ0v) is 15.9. The van der Waals surface area contributed by atoms with E-state index in [2.05, 4.69) is 15.5 Å². The van der Waals surface area contributed by atoms with Crippen LogP contribution in [-0.2, 0) is 11.3 Å². The molecular formula is C18H20F2N4O3S. The van der Waals surface area contributed by atoms with Crippen molar-refractivity contribution in [1.29, 1.82) is 0 Å². The van der Waals surface area contributed by atoms with Crippen LogP contribution in [0.4, 0.5) is 8.78 Å². The van der Waals surface area contributed by atoms with Gasteiger partial charge in [-0.25, -0.2) is 8.78 Å². The first-order chi connectivity index (χ1) is 13.5. The van der Waals surface area contributed by atoms with Crippen LogP contribution in [0.25, 0.3) is 0 Å². The highest BCUT2D eigenvalue weighted by molar-refractivity contribution is 7.99. The Hall–Kier alpha value is -2.49. The molecule has 0 radical (unpaired) electrons. The highest BCUT2D eigenvalue weighted by Gasteiger charge is 2.19. The van der Waals surface area contributed by atoms with Crippen molar-refractivity contribution in [2.24, 2.45) is 0 Å². The second-order valence-electron chi connectivity index (χ2n) is 6.32. The number of nitrogens with one attached hydrogen (secondary N) is 1. The summed E-state index contributed by atoms with van der Waals surface area (Å²) in [5, 5.41) is 10.1. The van der Waals surface area contributed by atoms with Crippen LogP contribution in [0.5, 0.6) is 0 Å². The Bertz CT molecular complexity index is 818. The Kier molecular flexibility index (Phi) is 6.96. The lowest BCUT2D eigenvalue weighted by molar-refractivity contribution is -0.128. The maximum atomic E-state index is 13.6. The van der Waals surface area contributed by atoms with Gasteiger partial charge in [-0.05, 0) is 25.0 Å². The van der Waals surface area contributed by atoms with Crippen LogP contribution >= 0.6 is 11.8 Å². The van der Waals surface area contributed by atoms with Crippen LogP contribution in [-0.4, -0.2) is 45.8 Å². The number of nitrogens with zero attached hydrogens (tertiary/aromatic N) is 3. The summed E-state index contributed by atoms with van der Waals surface area (Å²) in [6.07, 6.45) is 4.33. The molecule has 150 valence electrons. The molecule has 1 aliphatic heterocycles. The van der Waals surface area contributed by atoms with Gasteiger partial charge in [0.15, 0.2) is 0 Å². The summed E-state index contributed by atoms with van der Waals surface area (Å²) in [5.74, 6) is -2.53. The molecule has 1 aromatic heterocycles. The molecule has 1 saturated heterocycles. The Morgan fingerprint density at radius 1 is 1.11 bits per heavy atom. The number of amides is 2. The van der Waals surface area contributed by atoms with Crippen molar-refractivity contribution >= 4 is 23.6 Å². The van der Waals surface area contributed by atoms with Crippen LogP contribution < -0.4 is 5.32 Å². The van der Waals surface area contributed by atoms with E-state index < -0.39 is 23.1 Å². The van der Waals surface area contributed by atoms with E-state index in [1.165, 1.54) is 6.07 Å². The van der Waals surface area contributed by atoms with Gasteiger partial charge in [-0.3, -0.25) is 9.59 Å². The van der Waals surface area contributed by atoms with Gasteiger partial charge in [-0.15, -0.1) is 10.2 Å². The number of thioether (sulfide) groups is 1. The van der Waals surface area contributed by atoms with E-state index in [4.69, 9.17) is 4.42 Å². The van der Waals surface area contributed by atoms with Crippen molar-refractivity contribution in [1.82, 2.24) is 20.4 Å². The van der Waals surface area contributed by atoms with E-state index in [1.54, 1.807) is 0 Å². The lowest BCUT2D eigenvalue weighted by atomic mass is 10.2. The molecule has 0 atom stereocenters. The van der Waals surface area contributed by atoms with Crippen LogP contribution in [0.15, 0.2) is 27.8 Å². The summed E-state index contributed by atoms with van der Waals surface area (Å²) in [5.41, 5.74) is -0.667. The standard InChI is InChI=1S/C18H20F2N4O3S/c19-12-6-5-7-13(20)16(12)17(26)21-10-14-22-23-18(27-14)28-11-15(25)24-8-3-1-2-4-9-24/h5-7H,1-4,8-11H2,(H,21,26). The SMILES string of the molecule is O=C(NCc1nnc(SCC(=O)N2CCCCCC2)o1)c1c(F)cccc1F. The lowest BCUT2D eigenvalue weighted by Gasteiger charge is -2.19. The predicted octanol–water partition coefficient (Wildman–Crippen LogP) is 2.77. The Labute approximate surface area is 164 Å². The van der Waals surface area contributed by atoms with Gasteiger partial charge in [0.1, 0.15) is 17.2 Å². The van der Waals surface area contributed by atoms with Gasteiger partial charge in [0.05, 0.1) is 12.3 Å². The second-order valence-corrected chi connectivity index (χ2v) is 7.25. The molecule has 7 nitrogen and oxygen atoms in total. The molecule has 1 fully saturated rings. The summed E-state index contributed by atoms with van der Waals surface area (Å²) in [6, 6.07) is 3.18. The van der Waals surface area contributed by atoms with Gasteiger partial charge in [-0.2, -0.15) is 0 Å². The Balaban J connectivity index is 1.49. The monoisotopic (exact) mass is 410 g/mol. The molecule has 2 aromatic rings. The average molecular weight is 410 g/mol. The molecule has 2 amide bonds. The number of carbonyl (C=O) groups is 2. The topological polar surface area (TPSA) is 88.3 Å². The van der Waals surface area contributed by atoms with Crippen molar-refractivity contribution in [3.63, 3.8) is 0 Å². The number of carbonyl (C=O) groups excluding carboxylic acids is 2. The number of likely N-dealkylation sites (tertiary alicyclic amines) is 1. The number of halogens is 2. The van der Waals surface area contributed by atoms with E-state index in [0.717, 1.165) is 62.7 Å². The van der Waals surface area contributed by atoms with Gasteiger partial charge >= 0.3 is 0 Å². The lowest BCUT2D eigenvalue weighted by Crippen LogP contribution is -2.33. The van der Waals surface area contributed by atoms with Crippen molar-refractivity contribution in [3.8, 4) is 0 Å². The molecule has 10 heteroatoms. The van der Waals surface area contributed by atoms with E-state index in [9.17, 15) is 18.4 Å². The van der Waals surface area contributed by atoms with Crippen LogP contribution in [0.1, 0.15) is 41.9 Å². The maximum Gasteiger partial charge on any atom is 0.277 e. The average Bonchev–Trinajstić information content (AvgIpc) is 2.95. The molecule has 1 N–H and O–H groups in total. The first-order valence-electron chi connectivity index (χ1n) is 9.00. The largest absolute Gasteiger partial charge is 0.414 e. The fourth-order valence-corrected chi connectivity index (χ4v) is 3.55.